The highest BCUT2D eigenvalue weighted by Crippen LogP contribution is 2.34. The molecule has 0 bridgehead atoms. The fourth-order valence-corrected chi connectivity index (χ4v) is 2.23. The van der Waals surface area contributed by atoms with Crippen molar-refractivity contribution in [1.82, 2.24) is 0 Å². The topological polar surface area (TPSA) is 38.7 Å². The van der Waals surface area contributed by atoms with Crippen LogP contribution in [0.5, 0.6) is 11.5 Å². The highest BCUT2D eigenvalue weighted by atomic mass is 19.1. The maximum Gasteiger partial charge on any atom is 0.161 e. The first-order chi connectivity index (χ1) is 9.75. The Labute approximate surface area is 116 Å². The van der Waals surface area contributed by atoms with Crippen molar-refractivity contribution in [1.29, 1.82) is 0 Å². The van der Waals surface area contributed by atoms with Gasteiger partial charge in [-0.3, -0.25) is 0 Å². The van der Waals surface area contributed by atoms with Gasteiger partial charge in [0.25, 0.3) is 0 Å². The molecule has 0 spiro atoms. The van der Waals surface area contributed by atoms with Crippen LogP contribution in [0.25, 0.3) is 0 Å². The van der Waals surface area contributed by atoms with Crippen molar-refractivity contribution in [2.75, 3.05) is 13.2 Å². The predicted molar refractivity (Wildman–Crippen MR) is 72.5 cm³/mol. The fraction of sp³-hybridized carbons (Fsp3) is 0.250. The number of halogens is 1. The number of aliphatic hydroxyl groups excluding tert-OH is 1. The number of benzene rings is 2. The van der Waals surface area contributed by atoms with Gasteiger partial charge in [0, 0.05) is 12.0 Å². The monoisotopic (exact) mass is 274 g/mol. The number of fused-ring (bicyclic) bond motifs is 1. The third kappa shape index (κ3) is 2.47. The van der Waals surface area contributed by atoms with Gasteiger partial charge in [0.2, 0.25) is 0 Å². The molecular formula is C16H15FO3. The molecule has 0 saturated carbocycles. The summed E-state index contributed by atoms with van der Waals surface area (Å²) >= 11 is 0. The summed E-state index contributed by atoms with van der Waals surface area (Å²) in [6, 6.07) is 11.4. The molecule has 0 aliphatic carbocycles. The largest absolute Gasteiger partial charge is 0.490 e. The van der Waals surface area contributed by atoms with E-state index in [2.05, 4.69) is 0 Å². The van der Waals surface area contributed by atoms with Crippen LogP contribution in [0.4, 0.5) is 4.39 Å². The van der Waals surface area contributed by atoms with Crippen LogP contribution in [-0.2, 0) is 0 Å². The van der Waals surface area contributed by atoms with Gasteiger partial charge in [-0.15, -0.1) is 0 Å². The summed E-state index contributed by atoms with van der Waals surface area (Å²) in [4.78, 5) is 0. The first-order valence-corrected chi connectivity index (χ1v) is 6.58. The van der Waals surface area contributed by atoms with Gasteiger partial charge in [-0.2, -0.15) is 0 Å². The number of aliphatic hydroxyl groups is 1. The van der Waals surface area contributed by atoms with Crippen molar-refractivity contribution in [2.45, 2.75) is 12.5 Å². The van der Waals surface area contributed by atoms with Gasteiger partial charge in [0.05, 0.1) is 13.2 Å². The summed E-state index contributed by atoms with van der Waals surface area (Å²) in [6.07, 6.45) is -0.201. The lowest BCUT2D eigenvalue weighted by molar-refractivity contribution is 0.214. The van der Waals surface area contributed by atoms with Crippen LogP contribution in [0.15, 0.2) is 42.5 Å². The van der Waals surface area contributed by atoms with Crippen molar-refractivity contribution >= 4 is 0 Å². The maximum absolute atomic E-state index is 13.7. The molecule has 20 heavy (non-hydrogen) atoms. The minimum atomic E-state index is -1.02. The van der Waals surface area contributed by atoms with Crippen molar-refractivity contribution in [3.05, 3.63) is 59.4 Å². The Morgan fingerprint density at radius 3 is 2.55 bits per heavy atom. The zero-order valence-electron chi connectivity index (χ0n) is 10.9. The molecular weight excluding hydrogens is 259 g/mol. The minimum absolute atomic E-state index is 0.252. The van der Waals surface area contributed by atoms with Crippen LogP contribution in [0.3, 0.4) is 0 Å². The lowest BCUT2D eigenvalue weighted by Gasteiger charge is -2.15. The maximum atomic E-state index is 13.7. The van der Waals surface area contributed by atoms with E-state index < -0.39 is 11.9 Å². The van der Waals surface area contributed by atoms with E-state index in [0.717, 1.165) is 6.42 Å². The number of ether oxygens (including phenoxy) is 2. The van der Waals surface area contributed by atoms with E-state index in [4.69, 9.17) is 9.47 Å². The molecule has 3 rings (SSSR count). The third-order valence-corrected chi connectivity index (χ3v) is 3.29. The fourth-order valence-electron chi connectivity index (χ4n) is 2.23. The molecule has 0 aromatic heterocycles. The lowest BCUT2D eigenvalue weighted by Crippen LogP contribution is -2.03. The average Bonchev–Trinajstić information content (AvgIpc) is 2.71. The van der Waals surface area contributed by atoms with Gasteiger partial charge in [0.15, 0.2) is 11.5 Å². The van der Waals surface area contributed by atoms with Crippen molar-refractivity contribution < 1.29 is 19.0 Å². The highest BCUT2D eigenvalue weighted by Gasteiger charge is 2.18. The van der Waals surface area contributed by atoms with Crippen molar-refractivity contribution in [3.63, 3.8) is 0 Å². The molecule has 0 saturated heterocycles. The Bertz CT molecular complexity index is 612. The van der Waals surface area contributed by atoms with E-state index in [0.29, 0.717) is 30.3 Å². The molecule has 1 aliphatic heterocycles. The molecule has 0 amide bonds. The third-order valence-electron chi connectivity index (χ3n) is 3.29. The quantitative estimate of drug-likeness (QED) is 0.914. The molecule has 2 aromatic rings. The molecule has 4 heteroatoms. The zero-order valence-corrected chi connectivity index (χ0v) is 10.9. The second-order valence-corrected chi connectivity index (χ2v) is 4.68. The van der Waals surface area contributed by atoms with E-state index in [9.17, 15) is 9.50 Å². The molecule has 1 N–H and O–H groups in total. The smallest absolute Gasteiger partial charge is 0.161 e. The molecule has 1 unspecified atom stereocenters. The van der Waals surface area contributed by atoms with Gasteiger partial charge in [-0.05, 0) is 23.8 Å². The molecule has 0 radical (unpaired) electrons. The molecule has 1 aliphatic rings. The van der Waals surface area contributed by atoms with Crippen molar-refractivity contribution in [2.24, 2.45) is 0 Å². The Balaban J connectivity index is 1.94. The van der Waals surface area contributed by atoms with Crippen LogP contribution in [0, 0.1) is 5.82 Å². The molecule has 104 valence electrons. The lowest BCUT2D eigenvalue weighted by atomic mass is 10.0. The van der Waals surface area contributed by atoms with E-state index >= 15 is 0 Å². The second-order valence-electron chi connectivity index (χ2n) is 4.68. The van der Waals surface area contributed by atoms with Crippen LogP contribution < -0.4 is 9.47 Å². The Morgan fingerprint density at radius 1 is 1.00 bits per heavy atom. The summed E-state index contributed by atoms with van der Waals surface area (Å²) in [5.41, 5.74) is 0.835. The first kappa shape index (κ1) is 12.9. The summed E-state index contributed by atoms with van der Waals surface area (Å²) in [5, 5.41) is 10.3. The van der Waals surface area contributed by atoms with Gasteiger partial charge >= 0.3 is 0 Å². The predicted octanol–water partition coefficient (Wildman–Crippen LogP) is 3.07. The van der Waals surface area contributed by atoms with E-state index in [1.54, 1.807) is 36.4 Å². The molecule has 1 atom stereocenters. The van der Waals surface area contributed by atoms with Gasteiger partial charge in [0.1, 0.15) is 11.9 Å². The minimum Gasteiger partial charge on any atom is -0.490 e. The number of hydrogen-bond donors (Lipinski definition) is 1. The van der Waals surface area contributed by atoms with Gasteiger partial charge < -0.3 is 14.6 Å². The van der Waals surface area contributed by atoms with Crippen LogP contribution >= 0.6 is 0 Å². The van der Waals surface area contributed by atoms with Crippen LogP contribution in [0.2, 0.25) is 0 Å². The van der Waals surface area contributed by atoms with E-state index in [1.165, 1.54) is 6.07 Å². The zero-order chi connectivity index (χ0) is 13.9. The summed E-state index contributed by atoms with van der Waals surface area (Å²) < 4.78 is 24.8. The Hall–Kier alpha value is -2.07. The highest BCUT2D eigenvalue weighted by molar-refractivity contribution is 5.45. The molecule has 2 aromatic carbocycles. The van der Waals surface area contributed by atoms with E-state index in [1.807, 2.05) is 0 Å². The molecule has 1 heterocycles. The SMILES string of the molecule is OC(c1ccc2c(c1)OCCCO2)c1ccccc1F. The average molecular weight is 274 g/mol. The summed E-state index contributed by atoms with van der Waals surface area (Å²) in [6.45, 7) is 1.19. The van der Waals surface area contributed by atoms with Crippen LogP contribution in [0.1, 0.15) is 23.7 Å². The number of hydrogen-bond acceptors (Lipinski definition) is 3. The Kier molecular flexibility index (Phi) is 3.56. The summed E-state index contributed by atoms with van der Waals surface area (Å²) in [7, 11) is 0. The Morgan fingerprint density at radius 2 is 1.75 bits per heavy atom. The van der Waals surface area contributed by atoms with Crippen molar-refractivity contribution in [3.8, 4) is 11.5 Å². The standard InChI is InChI=1S/C16H15FO3/c17-13-5-2-1-4-12(13)16(18)11-6-7-14-15(10-11)20-9-3-8-19-14/h1-2,4-7,10,16,18H,3,8-9H2. The van der Waals surface area contributed by atoms with Gasteiger partial charge in [-0.1, -0.05) is 24.3 Å². The molecule has 3 nitrogen and oxygen atoms in total. The normalized spacial score (nSPS) is 15.5. The molecule has 0 fully saturated rings. The summed E-state index contributed by atoms with van der Waals surface area (Å²) in [5.74, 6) is 0.828. The van der Waals surface area contributed by atoms with Crippen LogP contribution in [-0.4, -0.2) is 18.3 Å². The number of rotatable bonds is 2. The second kappa shape index (κ2) is 5.51. The van der Waals surface area contributed by atoms with E-state index in [-0.39, 0.29) is 5.56 Å². The van der Waals surface area contributed by atoms with Gasteiger partial charge in [-0.25, -0.2) is 4.39 Å². The first-order valence-electron chi connectivity index (χ1n) is 6.58.